The topological polar surface area (TPSA) is 92.9 Å². The average Bonchev–Trinajstić information content (AvgIpc) is 3.10. The molecule has 1 amide bonds. The molecule has 9 nitrogen and oxygen atoms in total. The van der Waals surface area contributed by atoms with Gasteiger partial charge in [0, 0.05) is 38.6 Å². The fourth-order valence-electron chi connectivity index (χ4n) is 2.52. The Morgan fingerprint density at radius 1 is 1.16 bits per heavy atom. The van der Waals surface area contributed by atoms with Gasteiger partial charge in [-0.15, -0.1) is 5.10 Å². The summed E-state index contributed by atoms with van der Waals surface area (Å²) in [7, 11) is 0. The summed E-state index contributed by atoms with van der Waals surface area (Å²) < 4.78 is 1.75. The SMILES string of the molecule is CC(C)(C)n1nnnc1SCC(=O)N1CCN(c2ncccn2)CC1. The number of piperazine rings is 1. The number of rotatable bonds is 4. The minimum absolute atomic E-state index is 0.0992. The van der Waals surface area contributed by atoms with E-state index in [9.17, 15) is 4.79 Å². The molecule has 2 aromatic heterocycles. The normalized spacial score (nSPS) is 15.5. The Hall–Kier alpha value is -2.23. The molecule has 1 aliphatic rings. The number of tetrazole rings is 1. The number of hydrogen-bond acceptors (Lipinski definition) is 8. The van der Waals surface area contributed by atoms with Crippen molar-refractivity contribution in [1.29, 1.82) is 0 Å². The lowest BCUT2D eigenvalue weighted by molar-refractivity contribution is -0.128. The number of hydrogen-bond donors (Lipinski definition) is 0. The molecule has 0 aliphatic carbocycles. The molecule has 1 aliphatic heterocycles. The minimum Gasteiger partial charge on any atom is -0.338 e. The van der Waals surface area contributed by atoms with Gasteiger partial charge >= 0.3 is 0 Å². The summed E-state index contributed by atoms with van der Waals surface area (Å²) in [5.41, 5.74) is -0.212. The molecule has 2 aromatic rings. The molecule has 1 fully saturated rings. The summed E-state index contributed by atoms with van der Waals surface area (Å²) in [5.74, 6) is 1.15. The van der Waals surface area contributed by atoms with Crippen molar-refractivity contribution < 1.29 is 4.79 Å². The minimum atomic E-state index is -0.212. The van der Waals surface area contributed by atoms with Crippen LogP contribution in [-0.2, 0) is 10.3 Å². The second-order valence-electron chi connectivity index (χ2n) is 6.75. The molecule has 0 aromatic carbocycles. The van der Waals surface area contributed by atoms with Crippen molar-refractivity contribution in [3.63, 3.8) is 0 Å². The molecular formula is C15H22N8OS. The monoisotopic (exact) mass is 362 g/mol. The van der Waals surface area contributed by atoms with Gasteiger partial charge in [0.25, 0.3) is 0 Å². The average molecular weight is 362 g/mol. The first-order chi connectivity index (χ1) is 11.9. The molecule has 0 saturated carbocycles. The van der Waals surface area contributed by atoms with E-state index >= 15 is 0 Å². The van der Waals surface area contributed by atoms with Gasteiger partial charge in [0.15, 0.2) is 0 Å². The molecule has 0 bridgehead atoms. The maximum absolute atomic E-state index is 12.5. The van der Waals surface area contributed by atoms with Gasteiger partial charge in [0.1, 0.15) is 0 Å². The maximum Gasteiger partial charge on any atom is 0.233 e. The lowest BCUT2D eigenvalue weighted by atomic mass is 10.1. The van der Waals surface area contributed by atoms with Crippen LogP contribution in [0.25, 0.3) is 0 Å². The fourth-order valence-corrected chi connectivity index (χ4v) is 3.48. The van der Waals surface area contributed by atoms with Gasteiger partial charge in [-0.25, -0.2) is 14.6 Å². The third-order valence-corrected chi connectivity index (χ3v) is 4.77. The molecule has 3 rings (SSSR count). The third kappa shape index (κ3) is 4.25. The number of thioether (sulfide) groups is 1. The van der Waals surface area contributed by atoms with Crippen molar-refractivity contribution >= 4 is 23.6 Å². The van der Waals surface area contributed by atoms with Gasteiger partial charge in [0.2, 0.25) is 17.0 Å². The van der Waals surface area contributed by atoms with Crippen LogP contribution in [0.4, 0.5) is 5.95 Å². The molecule has 0 N–H and O–H groups in total. The Balaban J connectivity index is 1.51. The van der Waals surface area contributed by atoms with Crippen LogP contribution in [0.3, 0.4) is 0 Å². The van der Waals surface area contributed by atoms with Crippen molar-refractivity contribution in [2.75, 3.05) is 36.8 Å². The zero-order valence-electron chi connectivity index (χ0n) is 14.7. The molecular weight excluding hydrogens is 340 g/mol. The number of aromatic nitrogens is 6. The van der Waals surface area contributed by atoms with E-state index in [4.69, 9.17) is 0 Å². The summed E-state index contributed by atoms with van der Waals surface area (Å²) in [6.45, 7) is 8.89. The Morgan fingerprint density at radius 2 is 1.84 bits per heavy atom. The van der Waals surface area contributed by atoms with E-state index < -0.39 is 0 Å². The van der Waals surface area contributed by atoms with E-state index in [2.05, 4.69) is 30.4 Å². The Labute approximate surface area is 150 Å². The van der Waals surface area contributed by atoms with Crippen LogP contribution in [0.1, 0.15) is 20.8 Å². The number of amides is 1. The van der Waals surface area contributed by atoms with Crippen LogP contribution in [0, 0.1) is 0 Å². The van der Waals surface area contributed by atoms with Gasteiger partial charge < -0.3 is 9.80 Å². The van der Waals surface area contributed by atoms with E-state index in [1.54, 1.807) is 23.1 Å². The lowest BCUT2D eigenvalue weighted by Gasteiger charge is -2.34. The highest BCUT2D eigenvalue weighted by atomic mass is 32.2. The van der Waals surface area contributed by atoms with Crippen LogP contribution < -0.4 is 4.90 Å². The van der Waals surface area contributed by atoms with Crippen molar-refractivity contribution in [2.45, 2.75) is 31.5 Å². The lowest BCUT2D eigenvalue weighted by Crippen LogP contribution is -2.49. The molecule has 0 atom stereocenters. The van der Waals surface area contributed by atoms with Gasteiger partial charge in [-0.2, -0.15) is 0 Å². The summed E-state index contributed by atoms with van der Waals surface area (Å²) in [6, 6.07) is 1.80. The van der Waals surface area contributed by atoms with Crippen LogP contribution in [0.2, 0.25) is 0 Å². The van der Waals surface area contributed by atoms with Crippen molar-refractivity contribution in [2.24, 2.45) is 0 Å². The first-order valence-electron chi connectivity index (χ1n) is 8.16. The van der Waals surface area contributed by atoms with E-state index in [0.717, 1.165) is 13.1 Å². The standard InChI is InChI=1S/C15H22N8OS/c1-15(2,3)23-14(18-19-20-23)25-11-12(24)21-7-9-22(10-8-21)13-16-5-4-6-17-13/h4-6H,7-11H2,1-3H3. The van der Waals surface area contributed by atoms with Crippen molar-refractivity contribution in [3.05, 3.63) is 18.5 Å². The quantitative estimate of drug-likeness (QED) is 0.732. The Morgan fingerprint density at radius 3 is 2.48 bits per heavy atom. The predicted octanol–water partition coefficient (Wildman–Crippen LogP) is 0.659. The zero-order chi connectivity index (χ0) is 17.9. The fraction of sp³-hybridized carbons (Fsp3) is 0.600. The molecule has 0 radical (unpaired) electrons. The largest absolute Gasteiger partial charge is 0.338 e. The third-order valence-electron chi connectivity index (χ3n) is 3.87. The zero-order valence-corrected chi connectivity index (χ0v) is 15.5. The van der Waals surface area contributed by atoms with Crippen LogP contribution in [-0.4, -0.2) is 72.9 Å². The van der Waals surface area contributed by atoms with E-state index in [-0.39, 0.29) is 11.4 Å². The summed E-state index contributed by atoms with van der Waals surface area (Å²) >= 11 is 1.38. The maximum atomic E-state index is 12.5. The van der Waals surface area contributed by atoms with Crippen LogP contribution >= 0.6 is 11.8 Å². The Kier molecular flexibility index (Phi) is 5.16. The van der Waals surface area contributed by atoms with Gasteiger partial charge in [-0.3, -0.25) is 4.79 Å². The summed E-state index contributed by atoms with van der Waals surface area (Å²) in [6.07, 6.45) is 3.46. The predicted molar refractivity (Wildman–Crippen MR) is 94.4 cm³/mol. The van der Waals surface area contributed by atoms with E-state index in [1.165, 1.54) is 11.8 Å². The molecule has 3 heterocycles. The van der Waals surface area contributed by atoms with Crippen LogP contribution in [0.15, 0.2) is 23.6 Å². The molecule has 1 saturated heterocycles. The van der Waals surface area contributed by atoms with Gasteiger partial charge in [-0.1, -0.05) is 11.8 Å². The smallest absolute Gasteiger partial charge is 0.233 e. The summed E-state index contributed by atoms with van der Waals surface area (Å²) in [4.78, 5) is 25.0. The molecule has 0 spiro atoms. The molecule has 0 unspecified atom stereocenters. The van der Waals surface area contributed by atoms with Crippen molar-refractivity contribution in [1.82, 2.24) is 35.1 Å². The highest BCUT2D eigenvalue weighted by molar-refractivity contribution is 7.99. The molecule has 134 valence electrons. The second-order valence-corrected chi connectivity index (χ2v) is 7.69. The molecule has 25 heavy (non-hydrogen) atoms. The second kappa shape index (κ2) is 7.34. The van der Waals surface area contributed by atoms with E-state index in [1.807, 2.05) is 25.7 Å². The highest BCUT2D eigenvalue weighted by Gasteiger charge is 2.24. The summed E-state index contributed by atoms with van der Waals surface area (Å²) in [5, 5.41) is 12.4. The van der Waals surface area contributed by atoms with Crippen LogP contribution in [0.5, 0.6) is 0 Å². The number of nitrogens with zero attached hydrogens (tertiary/aromatic N) is 8. The molecule has 10 heteroatoms. The highest BCUT2D eigenvalue weighted by Crippen LogP contribution is 2.22. The van der Waals surface area contributed by atoms with Gasteiger partial charge in [-0.05, 0) is 37.3 Å². The first kappa shape index (κ1) is 17.6. The number of carbonyl (C=O) groups excluding carboxylic acids is 1. The Bertz CT molecular complexity index is 706. The first-order valence-corrected chi connectivity index (χ1v) is 9.15. The number of carbonyl (C=O) groups is 1. The van der Waals surface area contributed by atoms with E-state index in [0.29, 0.717) is 29.9 Å². The van der Waals surface area contributed by atoms with Crippen molar-refractivity contribution in [3.8, 4) is 0 Å². The number of anilines is 1. The van der Waals surface area contributed by atoms with Gasteiger partial charge in [0.05, 0.1) is 11.3 Å².